The molecule has 0 unspecified atom stereocenters. The maximum absolute atomic E-state index is 11.4. The zero-order valence-corrected chi connectivity index (χ0v) is 7.53. The molecule has 0 bridgehead atoms. The number of hydrogen-bond donors (Lipinski definition) is 2. The van der Waals surface area contributed by atoms with Gasteiger partial charge in [-0.2, -0.15) is 0 Å². The third-order valence-electron chi connectivity index (χ3n) is 2.73. The quantitative estimate of drug-likeness (QED) is 0.585. The van der Waals surface area contributed by atoms with E-state index in [1.54, 1.807) is 0 Å². The monoisotopic (exact) mass is 185 g/mol. The molecule has 1 saturated carbocycles. The van der Waals surface area contributed by atoms with E-state index in [-0.39, 0.29) is 24.2 Å². The van der Waals surface area contributed by atoms with Gasteiger partial charge in [0.15, 0.2) is 0 Å². The Morgan fingerprint density at radius 3 is 2.69 bits per heavy atom. The summed E-state index contributed by atoms with van der Waals surface area (Å²) in [7, 11) is 0. The first kappa shape index (κ1) is 8.97. The largest absolute Gasteiger partial charge is 0.461 e. The van der Waals surface area contributed by atoms with Crippen molar-refractivity contribution >= 4 is 5.97 Å². The van der Waals surface area contributed by atoms with Crippen molar-refractivity contribution in [1.82, 2.24) is 5.32 Å². The second-order valence-corrected chi connectivity index (χ2v) is 3.84. The molecule has 0 amide bonds. The highest BCUT2D eigenvalue weighted by Crippen LogP contribution is 2.23. The Kier molecular flexibility index (Phi) is 2.51. The third kappa shape index (κ3) is 2.00. The Hall–Kier alpha value is -0.610. The lowest BCUT2D eigenvalue weighted by molar-refractivity contribution is -0.155. The highest BCUT2D eigenvalue weighted by Gasteiger charge is 2.32. The van der Waals surface area contributed by atoms with Crippen LogP contribution in [-0.4, -0.2) is 35.9 Å². The van der Waals surface area contributed by atoms with E-state index in [0.29, 0.717) is 13.0 Å². The summed E-state index contributed by atoms with van der Waals surface area (Å²) in [6, 6.07) is -0.282. The van der Waals surface area contributed by atoms with Crippen LogP contribution in [0.1, 0.15) is 25.7 Å². The Morgan fingerprint density at radius 2 is 2.23 bits per heavy atom. The van der Waals surface area contributed by atoms with Gasteiger partial charge in [-0.15, -0.1) is 0 Å². The van der Waals surface area contributed by atoms with Crippen LogP contribution in [0, 0.1) is 0 Å². The molecule has 0 spiro atoms. The molecule has 2 rings (SSSR count). The second kappa shape index (κ2) is 3.64. The number of nitrogens with one attached hydrogen (secondary N) is 1. The van der Waals surface area contributed by atoms with Gasteiger partial charge in [0.2, 0.25) is 0 Å². The second-order valence-electron chi connectivity index (χ2n) is 3.84. The number of carbonyl (C=O) groups excluding carboxylic acids is 1. The van der Waals surface area contributed by atoms with Crippen LogP contribution >= 0.6 is 0 Å². The Morgan fingerprint density at radius 1 is 1.46 bits per heavy atom. The molecule has 0 aromatic carbocycles. The molecule has 1 aliphatic heterocycles. The summed E-state index contributed by atoms with van der Waals surface area (Å²) in [6.07, 6.45) is 3.41. The van der Waals surface area contributed by atoms with Gasteiger partial charge in [-0.3, -0.25) is 4.79 Å². The van der Waals surface area contributed by atoms with Gasteiger partial charge in [0.05, 0.1) is 6.10 Å². The lowest BCUT2D eigenvalue weighted by Crippen LogP contribution is -2.36. The highest BCUT2D eigenvalue weighted by molar-refractivity contribution is 5.76. The first-order valence-corrected chi connectivity index (χ1v) is 4.87. The van der Waals surface area contributed by atoms with Gasteiger partial charge in [-0.1, -0.05) is 0 Å². The minimum absolute atomic E-state index is 0.145. The fourth-order valence-corrected chi connectivity index (χ4v) is 1.63. The van der Waals surface area contributed by atoms with E-state index >= 15 is 0 Å². The fraction of sp³-hybridized carbons (Fsp3) is 0.889. The number of aliphatic hydroxyl groups is 1. The van der Waals surface area contributed by atoms with Gasteiger partial charge < -0.3 is 15.2 Å². The van der Waals surface area contributed by atoms with Gasteiger partial charge >= 0.3 is 5.97 Å². The lowest BCUT2D eigenvalue weighted by Gasteiger charge is -2.26. The number of hydrogen-bond acceptors (Lipinski definition) is 4. The van der Waals surface area contributed by atoms with Crippen LogP contribution in [0.4, 0.5) is 0 Å². The van der Waals surface area contributed by atoms with Crippen molar-refractivity contribution in [2.24, 2.45) is 0 Å². The normalized spacial score (nSPS) is 34.2. The van der Waals surface area contributed by atoms with Gasteiger partial charge in [-0.25, -0.2) is 0 Å². The summed E-state index contributed by atoms with van der Waals surface area (Å²) in [5.74, 6) is -0.193. The van der Waals surface area contributed by atoms with Crippen LogP contribution < -0.4 is 5.32 Å². The van der Waals surface area contributed by atoms with Crippen LogP contribution in [0.3, 0.4) is 0 Å². The molecule has 0 aromatic rings. The topological polar surface area (TPSA) is 58.6 Å². The fourth-order valence-electron chi connectivity index (χ4n) is 1.63. The minimum Gasteiger partial charge on any atom is -0.461 e. The van der Waals surface area contributed by atoms with Crippen LogP contribution in [-0.2, 0) is 9.53 Å². The molecule has 2 fully saturated rings. The molecule has 1 aliphatic carbocycles. The van der Waals surface area contributed by atoms with Crippen molar-refractivity contribution in [3.63, 3.8) is 0 Å². The van der Waals surface area contributed by atoms with E-state index in [1.807, 2.05) is 0 Å². The maximum atomic E-state index is 11.4. The smallest absolute Gasteiger partial charge is 0.323 e. The zero-order valence-electron chi connectivity index (χ0n) is 7.53. The van der Waals surface area contributed by atoms with Crippen molar-refractivity contribution in [1.29, 1.82) is 0 Å². The molecule has 0 radical (unpaired) electrons. The first-order valence-electron chi connectivity index (χ1n) is 4.87. The van der Waals surface area contributed by atoms with E-state index in [2.05, 4.69) is 5.32 Å². The van der Waals surface area contributed by atoms with E-state index in [4.69, 9.17) is 4.74 Å². The number of rotatable bonds is 2. The summed E-state index contributed by atoms with van der Waals surface area (Å²) in [6.45, 7) is 0.504. The van der Waals surface area contributed by atoms with Gasteiger partial charge in [0.25, 0.3) is 0 Å². The van der Waals surface area contributed by atoms with Gasteiger partial charge in [0.1, 0.15) is 12.1 Å². The number of aliphatic hydroxyl groups excluding tert-OH is 1. The average molecular weight is 185 g/mol. The van der Waals surface area contributed by atoms with E-state index in [0.717, 1.165) is 12.8 Å². The van der Waals surface area contributed by atoms with Gasteiger partial charge in [-0.05, 0) is 19.3 Å². The number of carbonyl (C=O) groups is 1. The van der Waals surface area contributed by atoms with Crippen molar-refractivity contribution in [2.75, 3.05) is 6.54 Å². The molecular weight excluding hydrogens is 170 g/mol. The number of esters is 1. The summed E-state index contributed by atoms with van der Waals surface area (Å²) in [5.41, 5.74) is 0. The van der Waals surface area contributed by atoms with E-state index in [1.165, 1.54) is 6.42 Å². The molecule has 74 valence electrons. The predicted octanol–water partition coefficient (Wildman–Crippen LogP) is -0.195. The molecule has 2 N–H and O–H groups in total. The number of β-amino-alcohol motifs (C(OH)–C–C–N with tert-alkyl or cyclic N) is 1. The zero-order chi connectivity index (χ0) is 9.26. The molecule has 2 atom stereocenters. The molecule has 4 nitrogen and oxygen atoms in total. The van der Waals surface area contributed by atoms with Crippen LogP contribution in [0.25, 0.3) is 0 Å². The van der Waals surface area contributed by atoms with Crippen LogP contribution in [0.2, 0.25) is 0 Å². The van der Waals surface area contributed by atoms with Crippen molar-refractivity contribution in [3.05, 3.63) is 0 Å². The SMILES string of the molecule is O=C(OC1CCC1)[C@H]1C[C@@H](O)CN1. The average Bonchev–Trinajstić information content (AvgIpc) is 2.44. The molecule has 13 heavy (non-hydrogen) atoms. The van der Waals surface area contributed by atoms with Crippen LogP contribution in [0.15, 0.2) is 0 Å². The lowest BCUT2D eigenvalue weighted by atomic mass is 9.96. The van der Waals surface area contributed by atoms with Crippen molar-refractivity contribution in [3.8, 4) is 0 Å². The van der Waals surface area contributed by atoms with Crippen molar-refractivity contribution < 1.29 is 14.6 Å². The van der Waals surface area contributed by atoms with E-state index < -0.39 is 0 Å². The molecule has 4 heteroatoms. The summed E-state index contributed by atoms with van der Waals surface area (Å²) < 4.78 is 5.21. The standard InChI is InChI=1S/C9H15NO3/c11-6-4-8(10-5-6)9(12)13-7-2-1-3-7/h6-8,10-11H,1-5H2/t6-,8-/m1/s1. The molecule has 1 saturated heterocycles. The first-order chi connectivity index (χ1) is 6.25. The Bertz CT molecular complexity index is 203. The maximum Gasteiger partial charge on any atom is 0.323 e. The third-order valence-corrected chi connectivity index (χ3v) is 2.73. The molecule has 0 aromatic heterocycles. The molecular formula is C9H15NO3. The minimum atomic E-state index is -0.390. The summed E-state index contributed by atoms with van der Waals surface area (Å²) >= 11 is 0. The van der Waals surface area contributed by atoms with Gasteiger partial charge in [0, 0.05) is 13.0 Å². The highest BCUT2D eigenvalue weighted by atomic mass is 16.5. The Labute approximate surface area is 77.3 Å². The molecule has 2 aliphatic rings. The van der Waals surface area contributed by atoms with E-state index in [9.17, 15) is 9.90 Å². The summed E-state index contributed by atoms with van der Waals surface area (Å²) in [4.78, 5) is 11.4. The predicted molar refractivity (Wildman–Crippen MR) is 46.1 cm³/mol. The number of ether oxygens (including phenoxy) is 1. The van der Waals surface area contributed by atoms with Crippen LogP contribution in [0.5, 0.6) is 0 Å². The summed E-state index contributed by atoms with van der Waals surface area (Å²) in [5, 5.41) is 12.1. The molecule has 1 heterocycles. The van der Waals surface area contributed by atoms with Crippen molar-refractivity contribution in [2.45, 2.75) is 43.9 Å². The Balaban J connectivity index is 1.76.